The van der Waals surface area contributed by atoms with Crippen LogP contribution in [0.2, 0.25) is 0 Å². The van der Waals surface area contributed by atoms with Crippen molar-refractivity contribution in [2.45, 2.75) is 46.2 Å². The smallest absolute Gasteiger partial charge is 0.407 e. The van der Waals surface area contributed by atoms with Crippen molar-refractivity contribution in [3.8, 4) is 0 Å². The predicted molar refractivity (Wildman–Crippen MR) is 88.9 cm³/mol. The zero-order valence-corrected chi connectivity index (χ0v) is 14.2. The van der Waals surface area contributed by atoms with E-state index in [9.17, 15) is 9.90 Å². The van der Waals surface area contributed by atoms with Crippen LogP contribution < -0.4 is 0 Å². The van der Waals surface area contributed by atoms with E-state index >= 15 is 0 Å². The minimum atomic E-state index is -0.824. The summed E-state index contributed by atoms with van der Waals surface area (Å²) < 4.78 is 0. The van der Waals surface area contributed by atoms with Gasteiger partial charge in [-0.25, -0.2) is 4.79 Å². The van der Waals surface area contributed by atoms with E-state index in [0.29, 0.717) is 6.54 Å². The second-order valence-electron chi connectivity index (χ2n) is 7.80. The topological polar surface area (TPSA) is 43.8 Å². The highest BCUT2D eigenvalue weighted by Crippen LogP contribution is 2.33. The lowest BCUT2D eigenvalue weighted by Crippen LogP contribution is -2.50. The molecule has 1 aromatic carbocycles. The third kappa shape index (κ3) is 4.23. The molecule has 1 heterocycles. The van der Waals surface area contributed by atoms with Gasteiger partial charge >= 0.3 is 6.09 Å². The van der Waals surface area contributed by atoms with Crippen molar-refractivity contribution in [3.05, 3.63) is 35.9 Å². The second-order valence-corrected chi connectivity index (χ2v) is 7.80. The van der Waals surface area contributed by atoms with Gasteiger partial charge in [-0.3, -0.25) is 4.90 Å². The Bertz CT molecular complexity index is 510. The molecule has 0 radical (unpaired) electrons. The molecule has 1 aromatic rings. The first-order chi connectivity index (χ1) is 10.2. The van der Waals surface area contributed by atoms with E-state index in [1.807, 2.05) is 26.8 Å². The molecule has 1 aliphatic heterocycles. The van der Waals surface area contributed by atoms with Gasteiger partial charge in [-0.2, -0.15) is 0 Å². The van der Waals surface area contributed by atoms with Crippen molar-refractivity contribution in [2.75, 3.05) is 19.6 Å². The Balaban J connectivity index is 1.99. The summed E-state index contributed by atoms with van der Waals surface area (Å²) in [5, 5.41) is 9.50. The molecule has 2 rings (SSSR count). The Labute approximate surface area is 133 Å². The molecule has 4 nitrogen and oxygen atoms in total. The fraction of sp³-hybridized carbons (Fsp3) is 0.611. The van der Waals surface area contributed by atoms with Crippen LogP contribution in [-0.4, -0.2) is 46.2 Å². The Morgan fingerprint density at radius 1 is 1.32 bits per heavy atom. The van der Waals surface area contributed by atoms with E-state index in [0.717, 1.165) is 26.1 Å². The fourth-order valence-electron chi connectivity index (χ4n) is 3.21. The molecule has 1 amide bonds. The molecule has 1 N–H and O–H groups in total. The van der Waals surface area contributed by atoms with E-state index in [2.05, 4.69) is 36.1 Å². The van der Waals surface area contributed by atoms with Gasteiger partial charge in [-0.1, -0.05) is 37.3 Å². The van der Waals surface area contributed by atoms with Crippen LogP contribution in [0, 0.1) is 5.41 Å². The lowest BCUT2D eigenvalue weighted by atomic mass is 9.87. The molecule has 0 spiro atoms. The molecule has 0 bridgehead atoms. The monoisotopic (exact) mass is 304 g/mol. The van der Waals surface area contributed by atoms with E-state index < -0.39 is 6.09 Å². The van der Waals surface area contributed by atoms with Gasteiger partial charge in [-0.05, 0) is 44.7 Å². The van der Waals surface area contributed by atoms with Gasteiger partial charge in [0, 0.05) is 25.2 Å². The molecule has 122 valence electrons. The summed E-state index contributed by atoms with van der Waals surface area (Å²) in [7, 11) is 0. The molecule has 22 heavy (non-hydrogen) atoms. The average molecular weight is 304 g/mol. The molecule has 1 fully saturated rings. The van der Waals surface area contributed by atoms with Gasteiger partial charge in [0.05, 0.1) is 0 Å². The Morgan fingerprint density at radius 2 is 1.95 bits per heavy atom. The molecule has 1 saturated heterocycles. The van der Waals surface area contributed by atoms with Crippen molar-refractivity contribution in [2.24, 2.45) is 5.41 Å². The number of hydrogen-bond acceptors (Lipinski definition) is 2. The van der Waals surface area contributed by atoms with Crippen molar-refractivity contribution in [1.29, 1.82) is 0 Å². The molecule has 1 unspecified atom stereocenters. The van der Waals surface area contributed by atoms with Gasteiger partial charge in [0.15, 0.2) is 0 Å². The fourth-order valence-corrected chi connectivity index (χ4v) is 3.21. The third-order valence-electron chi connectivity index (χ3n) is 4.47. The number of amides is 1. The highest BCUT2D eigenvalue weighted by molar-refractivity contribution is 5.66. The van der Waals surface area contributed by atoms with Crippen molar-refractivity contribution in [3.63, 3.8) is 0 Å². The maximum absolute atomic E-state index is 11.6. The van der Waals surface area contributed by atoms with E-state index in [1.165, 1.54) is 5.56 Å². The van der Waals surface area contributed by atoms with E-state index in [1.54, 1.807) is 4.90 Å². The number of hydrogen-bond donors (Lipinski definition) is 1. The Morgan fingerprint density at radius 3 is 2.50 bits per heavy atom. The Kier molecular flexibility index (Phi) is 4.81. The van der Waals surface area contributed by atoms with E-state index in [-0.39, 0.29) is 11.0 Å². The van der Waals surface area contributed by atoms with Gasteiger partial charge < -0.3 is 10.0 Å². The summed E-state index contributed by atoms with van der Waals surface area (Å²) in [5.74, 6) is 0. The standard InChI is InChI=1S/C18H28N2O2/c1-17(2,3)20(16(21)22)14-18(4)10-11-19(13-18)12-15-8-6-5-7-9-15/h5-9H,10-14H2,1-4H3,(H,21,22). The van der Waals surface area contributed by atoms with Crippen LogP contribution in [0.3, 0.4) is 0 Å². The largest absolute Gasteiger partial charge is 0.465 e. The molecular weight excluding hydrogens is 276 g/mol. The van der Waals surface area contributed by atoms with Gasteiger partial charge in [0.25, 0.3) is 0 Å². The van der Waals surface area contributed by atoms with Crippen LogP contribution in [0.1, 0.15) is 39.7 Å². The molecule has 0 aliphatic carbocycles. The first kappa shape index (κ1) is 16.8. The maximum atomic E-state index is 11.6. The highest BCUT2D eigenvalue weighted by Gasteiger charge is 2.39. The first-order valence-corrected chi connectivity index (χ1v) is 7.96. The molecule has 4 heteroatoms. The summed E-state index contributed by atoms with van der Waals surface area (Å²) >= 11 is 0. The normalized spacial score (nSPS) is 22.7. The molecule has 0 saturated carbocycles. The minimum absolute atomic E-state index is 0.0282. The lowest BCUT2D eigenvalue weighted by Gasteiger charge is -2.39. The van der Waals surface area contributed by atoms with E-state index in [4.69, 9.17) is 0 Å². The predicted octanol–water partition coefficient (Wildman–Crippen LogP) is 3.68. The molecular formula is C18H28N2O2. The zero-order valence-electron chi connectivity index (χ0n) is 14.2. The number of benzene rings is 1. The second kappa shape index (κ2) is 6.29. The van der Waals surface area contributed by atoms with Crippen molar-refractivity contribution < 1.29 is 9.90 Å². The minimum Gasteiger partial charge on any atom is -0.465 e. The third-order valence-corrected chi connectivity index (χ3v) is 4.47. The lowest BCUT2D eigenvalue weighted by molar-refractivity contribution is 0.0695. The number of nitrogens with zero attached hydrogens (tertiary/aromatic N) is 2. The summed E-state index contributed by atoms with van der Waals surface area (Å²) in [4.78, 5) is 15.6. The van der Waals surface area contributed by atoms with Gasteiger partial charge in [0.2, 0.25) is 0 Å². The number of rotatable bonds is 4. The van der Waals surface area contributed by atoms with Crippen LogP contribution in [0.25, 0.3) is 0 Å². The van der Waals surface area contributed by atoms with Crippen molar-refractivity contribution >= 4 is 6.09 Å². The maximum Gasteiger partial charge on any atom is 0.407 e. The Hall–Kier alpha value is -1.55. The number of carboxylic acid groups (broad SMARTS) is 1. The first-order valence-electron chi connectivity index (χ1n) is 7.96. The van der Waals surface area contributed by atoms with Gasteiger partial charge in [0.1, 0.15) is 0 Å². The van der Waals surface area contributed by atoms with Crippen LogP contribution in [0.4, 0.5) is 4.79 Å². The van der Waals surface area contributed by atoms with Crippen LogP contribution in [0.15, 0.2) is 30.3 Å². The van der Waals surface area contributed by atoms with Crippen LogP contribution in [-0.2, 0) is 6.54 Å². The highest BCUT2D eigenvalue weighted by atomic mass is 16.4. The van der Waals surface area contributed by atoms with Crippen molar-refractivity contribution in [1.82, 2.24) is 9.80 Å². The van der Waals surface area contributed by atoms with Crippen LogP contribution >= 0.6 is 0 Å². The summed E-state index contributed by atoms with van der Waals surface area (Å²) in [6, 6.07) is 10.5. The zero-order chi connectivity index (χ0) is 16.4. The SMILES string of the molecule is CC1(CN(C(=O)O)C(C)(C)C)CCN(Cc2ccccc2)C1. The van der Waals surface area contributed by atoms with Gasteiger partial charge in [-0.15, -0.1) is 0 Å². The number of carbonyl (C=O) groups is 1. The molecule has 1 aliphatic rings. The average Bonchev–Trinajstić information content (AvgIpc) is 2.78. The van der Waals surface area contributed by atoms with Crippen LogP contribution in [0.5, 0.6) is 0 Å². The molecule has 1 atom stereocenters. The summed E-state index contributed by atoms with van der Waals surface area (Å²) in [6.45, 7) is 11.6. The summed E-state index contributed by atoms with van der Waals surface area (Å²) in [6.07, 6.45) is 0.218. The summed E-state index contributed by atoms with van der Waals surface area (Å²) in [5.41, 5.74) is 0.986. The quantitative estimate of drug-likeness (QED) is 0.923. The molecule has 0 aromatic heterocycles. The number of likely N-dealkylation sites (tertiary alicyclic amines) is 1.